The number of thiophene rings is 1. The summed E-state index contributed by atoms with van der Waals surface area (Å²) in [7, 11) is 0. The van der Waals surface area contributed by atoms with E-state index in [0.29, 0.717) is 6.42 Å². The van der Waals surface area contributed by atoms with Crippen molar-refractivity contribution in [2.75, 3.05) is 0 Å². The van der Waals surface area contributed by atoms with Crippen LogP contribution in [0, 0.1) is 0 Å². The second-order valence-electron chi connectivity index (χ2n) is 3.36. The highest BCUT2D eigenvalue weighted by atomic mass is 79.9. The molecule has 78 valence electrons. The van der Waals surface area contributed by atoms with Crippen LogP contribution in [0.4, 0.5) is 0 Å². The Balaban J connectivity index is 2.29. The van der Waals surface area contributed by atoms with Gasteiger partial charge in [0, 0.05) is 16.3 Å². The third-order valence-corrected chi connectivity index (χ3v) is 3.83. The van der Waals surface area contributed by atoms with Crippen LogP contribution in [0.1, 0.15) is 48.7 Å². The fraction of sp³-hybridized carbons (Fsp3) is 0.545. The van der Waals surface area contributed by atoms with Crippen LogP contribution in [0.3, 0.4) is 0 Å². The van der Waals surface area contributed by atoms with E-state index < -0.39 is 0 Å². The normalized spacial score (nSPS) is 10.4. The van der Waals surface area contributed by atoms with E-state index in [0.717, 1.165) is 15.8 Å². The Labute approximate surface area is 97.7 Å². The lowest BCUT2D eigenvalue weighted by atomic mass is 10.1. The molecule has 0 radical (unpaired) electrons. The number of hydrogen-bond donors (Lipinski definition) is 0. The Morgan fingerprint density at radius 2 is 2.21 bits per heavy atom. The summed E-state index contributed by atoms with van der Waals surface area (Å²) in [5.41, 5.74) is 0. The first kappa shape index (κ1) is 11.9. The Bertz CT molecular complexity index is 293. The van der Waals surface area contributed by atoms with Crippen molar-refractivity contribution in [1.29, 1.82) is 0 Å². The van der Waals surface area contributed by atoms with Gasteiger partial charge in [0.15, 0.2) is 5.78 Å². The quantitative estimate of drug-likeness (QED) is 0.545. The molecule has 1 nitrogen and oxygen atoms in total. The molecule has 1 aromatic heterocycles. The largest absolute Gasteiger partial charge is 0.293 e. The molecule has 0 atom stereocenters. The van der Waals surface area contributed by atoms with E-state index in [4.69, 9.17) is 0 Å². The third kappa shape index (κ3) is 3.93. The first-order chi connectivity index (χ1) is 6.74. The number of carbonyl (C=O) groups excluding carboxylic acids is 1. The maximum Gasteiger partial charge on any atom is 0.172 e. The molecule has 0 aliphatic heterocycles. The van der Waals surface area contributed by atoms with Gasteiger partial charge in [-0.25, -0.2) is 0 Å². The van der Waals surface area contributed by atoms with Gasteiger partial charge in [-0.1, -0.05) is 26.2 Å². The molecule has 0 fully saturated rings. The topological polar surface area (TPSA) is 17.1 Å². The van der Waals surface area contributed by atoms with Crippen molar-refractivity contribution in [1.82, 2.24) is 0 Å². The van der Waals surface area contributed by atoms with E-state index in [-0.39, 0.29) is 5.78 Å². The Morgan fingerprint density at radius 1 is 1.43 bits per heavy atom. The maximum absolute atomic E-state index is 11.6. The number of Topliss-reactive ketones (excluding diaryl/α,β-unsaturated/α-hetero) is 1. The number of hydrogen-bond acceptors (Lipinski definition) is 2. The van der Waals surface area contributed by atoms with Crippen molar-refractivity contribution in [3.8, 4) is 0 Å². The van der Waals surface area contributed by atoms with Gasteiger partial charge in [0.05, 0.1) is 4.88 Å². The molecule has 0 aromatic carbocycles. The van der Waals surface area contributed by atoms with Gasteiger partial charge in [-0.15, -0.1) is 11.3 Å². The highest BCUT2D eigenvalue weighted by Gasteiger charge is 2.07. The van der Waals surface area contributed by atoms with E-state index in [1.54, 1.807) is 0 Å². The van der Waals surface area contributed by atoms with Crippen LogP contribution < -0.4 is 0 Å². The highest BCUT2D eigenvalue weighted by Crippen LogP contribution is 2.21. The van der Waals surface area contributed by atoms with Gasteiger partial charge in [-0.05, 0) is 28.4 Å². The average Bonchev–Trinajstić information content (AvgIpc) is 2.59. The van der Waals surface area contributed by atoms with Crippen LogP contribution in [0.5, 0.6) is 0 Å². The summed E-state index contributed by atoms with van der Waals surface area (Å²) in [6.45, 7) is 2.18. The lowest BCUT2D eigenvalue weighted by molar-refractivity contribution is 0.0983. The lowest BCUT2D eigenvalue weighted by Crippen LogP contribution is -1.95. The molecule has 0 amide bonds. The summed E-state index contributed by atoms with van der Waals surface area (Å²) < 4.78 is 1.01. The minimum Gasteiger partial charge on any atom is -0.293 e. The zero-order valence-electron chi connectivity index (χ0n) is 8.38. The number of ketones is 1. The van der Waals surface area contributed by atoms with E-state index in [1.807, 2.05) is 11.4 Å². The first-order valence-corrected chi connectivity index (χ1v) is 6.68. The van der Waals surface area contributed by atoms with Gasteiger partial charge in [-0.2, -0.15) is 0 Å². The minimum atomic E-state index is 0.289. The second kappa shape index (κ2) is 6.36. The molecule has 0 aliphatic rings. The molecular weight excluding hydrogens is 260 g/mol. The van der Waals surface area contributed by atoms with E-state index in [9.17, 15) is 4.79 Å². The summed E-state index contributed by atoms with van der Waals surface area (Å²) >= 11 is 4.88. The minimum absolute atomic E-state index is 0.289. The zero-order valence-corrected chi connectivity index (χ0v) is 10.8. The Hall–Kier alpha value is -0.150. The van der Waals surface area contributed by atoms with E-state index >= 15 is 0 Å². The summed E-state index contributed by atoms with van der Waals surface area (Å²) in [4.78, 5) is 12.5. The smallest absolute Gasteiger partial charge is 0.172 e. The summed E-state index contributed by atoms with van der Waals surface area (Å²) in [6.07, 6.45) is 5.37. The molecule has 0 saturated carbocycles. The van der Waals surface area contributed by atoms with Gasteiger partial charge >= 0.3 is 0 Å². The first-order valence-electron chi connectivity index (χ1n) is 5.01. The molecule has 3 heteroatoms. The number of halogens is 1. The predicted molar refractivity (Wildman–Crippen MR) is 65.1 cm³/mol. The van der Waals surface area contributed by atoms with Gasteiger partial charge in [0.2, 0.25) is 0 Å². The van der Waals surface area contributed by atoms with Crippen molar-refractivity contribution < 1.29 is 4.79 Å². The fourth-order valence-corrected chi connectivity index (χ4v) is 2.69. The van der Waals surface area contributed by atoms with Crippen LogP contribution in [-0.4, -0.2) is 5.78 Å². The molecule has 0 N–H and O–H groups in total. The highest BCUT2D eigenvalue weighted by molar-refractivity contribution is 9.10. The molecular formula is C11H15BrOS. The maximum atomic E-state index is 11.6. The molecule has 1 aromatic rings. The van der Waals surface area contributed by atoms with Crippen molar-refractivity contribution >= 4 is 33.0 Å². The molecule has 14 heavy (non-hydrogen) atoms. The van der Waals surface area contributed by atoms with Crippen LogP contribution in [0.25, 0.3) is 0 Å². The van der Waals surface area contributed by atoms with Crippen molar-refractivity contribution in [3.63, 3.8) is 0 Å². The van der Waals surface area contributed by atoms with Crippen molar-refractivity contribution in [2.45, 2.75) is 39.0 Å². The molecule has 0 unspecified atom stereocenters. The van der Waals surface area contributed by atoms with E-state index in [1.165, 1.54) is 30.6 Å². The zero-order chi connectivity index (χ0) is 10.4. The van der Waals surface area contributed by atoms with Gasteiger partial charge in [0.1, 0.15) is 0 Å². The SMILES string of the molecule is CCCCCCC(=O)c1cc(Br)cs1. The third-order valence-electron chi connectivity index (χ3n) is 2.10. The fourth-order valence-electron chi connectivity index (χ4n) is 1.29. The van der Waals surface area contributed by atoms with Crippen LogP contribution in [-0.2, 0) is 0 Å². The lowest BCUT2D eigenvalue weighted by Gasteiger charge is -1.97. The standard InChI is InChI=1S/C11H15BrOS/c1-2-3-4-5-6-10(13)11-7-9(12)8-14-11/h7-8H,2-6H2,1H3. The van der Waals surface area contributed by atoms with Gasteiger partial charge in [-0.3, -0.25) is 4.79 Å². The van der Waals surface area contributed by atoms with Crippen LogP contribution in [0.15, 0.2) is 15.9 Å². The van der Waals surface area contributed by atoms with Gasteiger partial charge < -0.3 is 0 Å². The van der Waals surface area contributed by atoms with Crippen molar-refractivity contribution in [2.24, 2.45) is 0 Å². The summed E-state index contributed by atoms with van der Waals surface area (Å²) in [6, 6.07) is 1.91. The van der Waals surface area contributed by atoms with Crippen LogP contribution >= 0.6 is 27.3 Å². The molecule has 1 heterocycles. The number of rotatable bonds is 6. The van der Waals surface area contributed by atoms with E-state index in [2.05, 4.69) is 22.9 Å². The predicted octanol–water partition coefficient (Wildman–Crippen LogP) is 4.66. The second-order valence-corrected chi connectivity index (χ2v) is 5.19. The average molecular weight is 275 g/mol. The summed E-state index contributed by atoms with van der Waals surface area (Å²) in [5, 5.41) is 1.96. The number of carbonyl (C=O) groups is 1. The number of unbranched alkanes of at least 4 members (excludes halogenated alkanes) is 3. The van der Waals surface area contributed by atoms with Crippen LogP contribution in [0.2, 0.25) is 0 Å². The van der Waals surface area contributed by atoms with Crippen molar-refractivity contribution in [3.05, 3.63) is 20.8 Å². The monoisotopic (exact) mass is 274 g/mol. The van der Waals surface area contributed by atoms with Gasteiger partial charge in [0.25, 0.3) is 0 Å². The molecule has 0 aliphatic carbocycles. The Morgan fingerprint density at radius 3 is 2.79 bits per heavy atom. The molecule has 1 rings (SSSR count). The molecule has 0 spiro atoms. The Kier molecular flexibility index (Phi) is 5.41. The molecule has 0 bridgehead atoms. The summed E-state index contributed by atoms with van der Waals surface area (Å²) in [5.74, 6) is 0.289. The molecule has 0 saturated heterocycles.